The van der Waals surface area contributed by atoms with Gasteiger partial charge in [0.2, 0.25) is 5.91 Å². The molecule has 174 valence electrons. The Morgan fingerprint density at radius 3 is 2.94 bits per heavy atom. The summed E-state index contributed by atoms with van der Waals surface area (Å²) in [6, 6.07) is 4.30. The van der Waals surface area contributed by atoms with Crippen LogP contribution < -0.4 is 10.2 Å². The minimum Gasteiger partial charge on any atom is -0.378 e. The Kier molecular flexibility index (Phi) is 2.99. The van der Waals surface area contributed by atoms with Crippen LogP contribution >= 0.6 is 0 Å². The van der Waals surface area contributed by atoms with Crippen LogP contribution in [0.3, 0.4) is 0 Å². The zero-order valence-electron chi connectivity index (χ0n) is 29.0. The molecule has 1 N–H and O–H groups in total. The standard InChI is InChI=1S/C25H27N7O2/c1-3-21-19-12-27-22(28-25(33)17-10-15(17)2)11-18(19)20(13-26-21)24-29-23-5-4-16(14-32(23)30-24)31-6-8-34-9-7-31/h4-5,11-15,17H,3,6-10H2,1-2H3,(H,27,28,33)/t15-,17+/m0/s1/i2D3,6D2,7D2,8D2,9D2. The monoisotopic (exact) mass is 468 g/mol. The van der Waals surface area contributed by atoms with E-state index < -0.39 is 50.7 Å². The molecule has 1 amide bonds. The Hall–Kier alpha value is -3.59. The summed E-state index contributed by atoms with van der Waals surface area (Å²) in [6.45, 7) is -13.0. The molecule has 5 heterocycles. The van der Waals surface area contributed by atoms with Crippen LogP contribution in [-0.2, 0) is 16.0 Å². The first-order valence-electron chi connectivity index (χ1n) is 16.2. The second-order valence-electron chi connectivity index (χ2n) is 8.02. The van der Waals surface area contributed by atoms with Gasteiger partial charge < -0.3 is 15.0 Å². The lowest BCUT2D eigenvalue weighted by Gasteiger charge is -2.28. The first kappa shape index (κ1) is 12.2. The summed E-state index contributed by atoms with van der Waals surface area (Å²) >= 11 is 0. The molecule has 4 aromatic rings. The molecule has 6 rings (SSSR count). The highest BCUT2D eigenvalue weighted by atomic mass is 16.5. The number of ether oxygens (including phenoxy) is 1. The number of pyridine rings is 3. The van der Waals surface area contributed by atoms with Crippen molar-refractivity contribution < 1.29 is 24.6 Å². The van der Waals surface area contributed by atoms with Crippen LogP contribution in [-0.4, -0.2) is 56.6 Å². The quantitative estimate of drug-likeness (QED) is 0.480. The minimum absolute atomic E-state index is 0.166. The Morgan fingerprint density at radius 1 is 1.26 bits per heavy atom. The van der Waals surface area contributed by atoms with Crippen LogP contribution in [0, 0.1) is 11.8 Å². The molecule has 1 aliphatic heterocycles. The number of rotatable bonds is 5. The first-order valence-corrected chi connectivity index (χ1v) is 10.7. The number of carbonyl (C=O) groups is 1. The molecule has 4 aromatic heterocycles. The van der Waals surface area contributed by atoms with Crippen LogP contribution in [0.2, 0.25) is 0 Å². The number of hydrogen-bond acceptors (Lipinski definition) is 7. The van der Waals surface area contributed by atoms with Gasteiger partial charge in [0, 0.05) is 57.4 Å². The third kappa shape index (κ3) is 3.75. The summed E-state index contributed by atoms with van der Waals surface area (Å²) in [7, 11) is 0. The topological polar surface area (TPSA) is 97.5 Å². The molecule has 2 atom stereocenters. The fourth-order valence-electron chi connectivity index (χ4n) is 3.86. The van der Waals surface area contributed by atoms with E-state index in [9.17, 15) is 4.79 Å². The van der Waals surface area contributed by atoms with Crippen molar-refractivity contribution in [1.82, 2.24) is 24.6 Å². The van der Waals surface area contributed by atoms with E-state index in [1.54, 1.807) is 18.5 Å². The van der Waals surface area contributed by atoms with Gasteiger partial charge in [-0.2, -0.15) is 0 Å². The summed E-state index contributed by atoms with van der Waals surface area (Å²) in [5, 5.41) is 8.44. The molecule has 0 spiro atoms. The van der Waals surface area contributed by atoms with Crippen LogP contribution in [0.5, 0.6) is 0 Å². The second kappa shape index (κ2) is 8.32. The number of amides is 1. The van der Waals surface area contributed by atoms with Gasteiger partial charge in [0.05, 0.1) is 36.0 Å². The van der Waals surface area contributed by atoms with Crippen LogP contribution in [0.15, 0.2) is 36.8 Å². The zero-order valence-corrected chi connectivity index (χ0v) is 18.0. The fourth-order valence-corrected chi connectivity index (χ4v) is 3.86. The fraction of sp³-hybridized carbons (Fsp3) is 0.400. The number of nitrogens with zero attached hydrogens (tertiary/aromatic N) is 6. The Morgan fingerprint density at radius 2 is 2.15 bits per heavy atom. The lowest BCUT2D eigenvalue weighted by atomic mass is 10.1. The largest absolute Gasteiger partial charge is 0.378 e. The first-order chi connectivity index (χ1) is 20.8. The van der Waals surface area contributed by atoms with Crippen LogP contribution in [0.1, 0.15) is 41.0 Å². The highest BCUT2D eigenvalue weighted by Gasteiger charge is 2.39. The van der Waals surface area contributed by atoms with Crippen molar-refractivity contribution in [3.8, 4) is 11.4 Å². The summed E-state index contributed by atoms with van der Waals surface area (Å²) < 4.78 is 93.8. The number of carbonyl (C=O) groups excluding carboxylic acids is 1. The van der Waals surface area contributed by atoms with E-state index in [1.165, 1.54) is 22.8 Å². The lowest BCUT2D eigenvalue weighted by Crippen LogP contribution is -2.36. The number of hydrogen-bond donors (Lipinski definition) is 1. The third-order valence-corrected chi connectivity index (χ3v) is 5.80. The average Bonchev–Trinajstić information content (AvgIpc) is 3.65. The van der Waals surface area contributed by atoms with Gasteiger partial charge in [0.1, 0.15) is 5.82 Å². The van der Waals surface area contributed by atoms with E-state index in [-0.39, 0.29) is 29.4 Å². The van der Waals surface area contributed by atoms with Crippen molar-refractivity contribution in [1.29, 1.82) is 0 Å². The van der Waals surface area contributed by atoms with Crippen LogP contribution in [0.25, 0.3) is 27.8 Å². The van der Waals surface area contributed by atoms with Gasteiger partial charge in [-0.3, -0.25) is 9.78 Å². The van der Waals surface area contributed by atoms with E-state index in [2.05, 4.69) is 30.1 Å². The molecule has 9 nitrogen and oxygen atoms in total. The minimum atomic E-state index is -3.22. The van der Waals surface area contributed by atoms with Crippen molar-refractivity contribution in [2.75, 3.05) is 36.3 Å². The number of nitrogens with one attached hydrogen (secondary N) is 1. The van der Waals surface area contributed by atoms with E-state index in [1.807, 2.05) is 6.92 Å². The normalized spacial score (nSPS) is 31.2. The highest BCUT2D eigenvalue weighted by molar-refractivity contribution is 6.00. The van der Waals surface area contributed by atoms with Gasteiger partial charge in [-0.15, -0.1) is 5.10 Å². The van der Waals surface area contributed by atoms with E-state index in [0.29, 0.717) is 27.7 Å². The van der Waals surface area contributed by atoms with Gasteiger partial charge in [-0.1, -0.05) is 13.8 Å². The summed E-state index contributed by atoms with van der Waals surface area (Å²) in [5.41, 5.74) is 1.20. The maximum atomic E-state index is 12.7. The highest BCUT2D eigenvalue weighted by Crippen LogP contribution is 2.38. The summed E-state index contributed by atoms with van der Waals surface area (Å²) in [6.07, 6.45) is 5.14. The summed E-state index contributed by atoms with van der Waals surface area (Å²) in [4.78, 5) is 26.5. The zero-order chi connectivity index (χ0) is 32.9. The van der Waals surface area contributed by atoms with Crippen molar-refractivity contribution in [2.24, 2.45) is 11.8 Å². The molecule has 0 aromatic carbocycles. The number of aryl methyl sites for hydroxylation is 1. The Balaban J connectivity index is 1.40. The number of fused-ring (bicyclic) bond motifs is 2. The SMILES string of the molecule is [2H]C([2H])([2H])[C@H]1C[C@H]1C(=O)Nc1cc2c(-c3nc4ccc(N5C([2H])([2H])C([2H])([2H])OC([2H])([2H])C5([2H])[2H])cn4n3)cnc(CC)c2cn1. The molecular formula is C25H27N7O2. The Bertz CT molecular complexity index is 1820. The van der Waals surface area contributed by atoms with Crippen LogP contribution in [0.4, 0.5) is 11.5 Å². The van der Waals surface area contributed by atoms with Gasteiger partial charge >= 0.3 is 0 Å². The molecule has 2 aliphatic rings. The van der Waals surface area contributed by atoms with E-state index in [4.69, 9.17) is 15.1 Å². The summed E-state index contributed by atoms with van der Waals surface area (Å²) in [5.74, 6) is -1.41. The van der Waals surface area contributed by atoms with Gasteiger partial charge in [-0.25, -0.2) is 14.5 Å². The molecule has 0 unspecified atom stereocenters. The Labute approximate surface area is 212 Å². The van der Waals surface area contributed by atoms with E-state index in [0.717, 1.165) is 5.69 Å². The van der Waals surface area contributed by atoms with Gasteiger partial charge in [0.25, 0.3) is 0 Å². The molecule has 1 aliphatic carbocycles. The molecule has 1 saturated carbocycles. The molecule has 0 radical (unpaired) electrons. The number of morpholine rings is 1. The number of anilines is 2. The van der Waals surface area contributed by atoms with Gasteiger partial charge in [0.15, 0.2) is 11.5 Å². The smallest absolute Gasteiger partial charge is 0.228 e. The lowest BCUT2D eigenvalue weighted by molar-refractivity contribution is -0.117. The molecule has 0 bridgehead atoms. The predicted molar refractivity (Wildman–Crippen MR) is 130 cm³/mol. The molecule has 9 heteroatoms. The van der Waals surface area contributed by atoms with E-state index >= 15 is 0 Å². The molecule has 2 fully saturated rings. The van der Waals surface area contributed by atoms with Crippen molar-refractivity contribution >= 4 is 33.8 Å². The predicted octanol–water partition coefficient (Wildman–Crippen LogP) is 3.33. The molecular weight excluding hydrogens is 430 g/mol. The maximum Gasteiger partial charge on any atom is 0.228 e. The second-order valence-corrected chi connectivity index (χ2v) is 8.02. The molecule has 1 saturated heterocycles. The van der Waals surface area contributed by atoms with Crippen molar-refractivity contribution in [3.63, 3.8) is 0 Å². The maximum absolute atomic E-state index is 12.7. The van der Waals surface area contributed by atoms with Crippen molar-refractivity contribution in [3.05, 3.63) is 42.5 Å². The van der Waals surface area contributed by atoms with Crippen molar-refractivity contribution in [2.45, 2.75) is 26.6 Å². The number of aromatic nitrogens is 5. The third-order valence-electron chi connectivity index (χ3n) is 5.80. The average molecular weight is 469 g/mol. The van der Waals surface area contributed by atoms with Gasteiger partial charge in [-0.05, 0) is 37.0 Å². The molecule has 34 heavy (non-hydrogen) atoms.